The molecule has 2 N–H and O–H groups in total. The lowest BCUT2D eigenvalue weighted by atomic mass is 10.6. The predicted molar refractivity (Wildman–Crippen MR) is 26.7 cm³/mol. The monoisotopic (exact) mass is 106 g/mol. The lowest BCUT2D eigenvalue weighted by Gasteiger charge is -1.91. The lowest BCUT2D eigenvalue weighted by Crippen LogP contribution is -2.08. The minimum absolute atomic E-state index is 0.625. The molecule has 0 spiro atoms. The zero-order valence-electron chi connectivity index (χ0n) is 3.89. The third kappa shape index (κ3) is 4.14. The number of rotatable bonds is 2. The first kappa shape index (κ1) is 6.14. The molecule has 2 nitrogen and oxygen atoms in total. The van der Waals surface area contributed by atoms with Crippen LogP contribution in [0.3, 0.4) is 0 Å². The van der Waals surface area contributed by atoms with Crippen molar-refractivity contribution >= 4 is 9.28 Å². The zero-order valence-corrected chi connectivity index (χ0v) is 5.04. The van der Waals surface area contributed by atoms with E-state index < -0.39 is 9.28 Å². The van der Waals surface area contributed by atoms with Gasteiger partial charge in [-0.25, -0.2) is 0 Å². The highest BCUT2D eigenvalue weighted by Crippen LogP contribution is 1.86. The van der Waals surface area contributed by atoms with Gasteiger partial charge in [0.05, 0.1) is 0 Å². The maximum absolute atomic E-state index is 8.25. The van der Waals surface area contributed by atoms with E-state index in [-0.39, 0.29) is 0 Å². The van der Waals surface area contributed by atoms with Crippen LogP contribution in [0.2, 0.25) is 6.04 Å². The summed E-state index contributed by atoms with van der Waals surface area (Å²) in [4.78, 5) is 16.5. The maximum Gasteiger partial charge on any atom is 0.315 e. The molecule has 38 valence electrons. The predicted octanol–water partition coefficient (Wildman–Crippen LogP) is -0.399. The molecule has 0 aromatic rings. The smallest absolute Gasteiger partial charge is 0.315 e. The first-order valence-electron chi connectivity index (χ1n) is 2.13. The molecule has 0 amide bonds. The van der Waals surface area contributed by atoms with Crippen molar-refractivity contribution in [3.05, 3.63) is 0 Å². The molecule has 0 saturated carbocycles. The van der Waals surface area contributed by atoms with E-state index in [9.17, 15) is 0 Å². The van der Waals surface area contributed by atoms with Crippen LogP contribution in [0.1, 0.15) is 13.3 Å². The molecule has 0 aliphatic rings. The van der Waals surface area contributed by atoms with Gasteiger partial charge in [-0.3, -0.25) is 0 Å². The maximum atomic E-state index is 8.25. The van der Waals surface area contributed by atoms with Crippen LogP contribution in [0.5, 0.6) is 0 Å². The average molecular weight is 106 g/mol. The summed E-state index contributed by atoms with van der Waals surface area (Å²) in [6, 6.07) is 0.625. The van der Waals surface area contributed by atoms with Crippen LogP contribution in [-0.2, 0) is 0 Å². The third-order valence-electron chi connectivity index (χ3n) is 0.547. The van der Waals surface area contributed by atoms with Crippen molar-refractivity contribution in [2.75, 3.05) is 0 Å². The van der Waals surface area contributed by atoms with Crippen LogP contribution in [0.25, 0.3) is 0 Å². The summed E-state index contributed by atoms with van der Waals surface area (Å²) in [6.45, 7) is 1.94. The summed E-state index contributed by atoms with van der Waals surface area (Å²) in [6.07, 6.45) is 0.893. The van der Waals surface area contributed by atoms with Crippen molar-refractivity contribution in [1.29, 1.82) is 0 Å². The van der Waals surface area contributed by atoms with E-state index in [4.69, 9.17) is 9.59 Å². The van der Waals surface area contributed by atoms with Crippen LogP contribution in [0.4, 0.5) is 0 Å². The minimum Gasteiger partial charge on any atom is -0.413 e. The SMILES string of the molecule is CCC[SiH](O)O. The second kappa shape index (κ2) is 3.33. The molecule has 0 bridgehead atoms. The summed E-state index contributed by atoms with van der Waals surface area (Å²) in [5.41, 5.74) is 0. The first-order chi connectivity index (χ1) is 2.77. The Morgan fingerprint density at radius 1 is 1.50 bits per heavy atom. The Hall–Kier alpha value is 0.137. The highest BCUT2D eigenvalue weighted by Gasteiger charge is 1.94. The van der Waals surface area contributed by atoms with E-state index in [1.54, 1.807) is 0 Å². The molecule has 0 heterocycles. The van der Waals surface area contributed by atoms with Gasteiger partial charge in [-0.15, -0.1) is 0 Å². The molecule has 0 aromatic carbocycles. The molecule has 3 heteroatoms. The van der Waals surface area contributed by atoms with Crippen molar-refractivity contribution < 1.29 is 9.59 Å². The van der Waals surface area contributed by atoms with Crippen LogP contribution < -0.4 is 0 Å². The summed E-state index contributed by atoms with van der Waals surface area (Å²) in [5.74, 6) is 0. The molecular weight excluding hydrogens is 96.1 g/mol. The van der Waals surface area contributed by atoms with Gasteiger partial charge in [0.1, 0.15) is 0 Å². The van der Waals surface area contributed by atoms with Gasteiger partial charge in [-0.2, -0.15) is 0 Å². The second-order valence-electron chi connectivity index (χ2n) is 1.27. The summed E-state index contributed by atoms with van der Waals surface area (Å²) < 4.78 is 0. The number of hydrogen-bond acceptors (Lipinski definition) is 2. The highest BCUT2D eigenvalue weighted by atomic mass is 28.3. The third-order valence-corrected chi connectivity index (χ3v) is 1.64. The molecule has 0 unspecified atom stereocenters. The van der Waals surface area contributed by atoms with Crippen LogP contribution >= 0.6 is 0 Å². The average Bonchev–Trinajstić information content (AvgIpc) is 1.35. The van der Waals surface area contributed by atoms with E-state index in [0.29, 0.717) is 6.04 Å². The largest absolute Gasteiger partial charge is 0.413 e. The minimum atomic E-state index is -2.17. The van der Waals surface area contributed by atoms with Gasteiger partial charge in [0, 0.05) is 0 Å². The van der Waals surface area contributed by atoms with E-state index in [1.165, 1.54) is 0 Å². The fraction of sp³-hybridized carbons (Fsp3) is 1.00. The lowest BCUT2D eigenvalue weighted by molar-refractivity contribution is 0.404. The topological polar surface area (TPSA) is 40.5 Å². The second-order valence-corrected chi connectivity index (χ2v) is 2.81. The molecule has 0 aliphatic carbocycles. The van der Waals surface area contributed by atoms with Gasteiger partial charge >= 0.3 is 9.28 Å². The molecule has 0 fully saturated rings. The normalized spacial score (nSPS) is 10.0. The van der Waals surface area contributed by atoms with Crippen LogP contribution in [0, 0.1) is 0 Å². The Morgan fingerprint density at radius 2 is 2.00 bits per heavy atom. The molecule has 0 aromatic heterocycles. The summed E-state index contributed by atoms with van der Waals surface area (Å²) >= 11 is 0. The Kier molecular flexibility index (Phi) is 3.41. The van der Waals surface area contributed by atoms with Crippen LogP contribution in [-0.4, -0.2) is 18.9 Å². The fourth-order valence-corrected chi connectivity index (χ4v) is 0.775. The van der Waals surface area contributed by atoms with Crippen molar-refractivity contribution in [3.8, 4) is 0 Å². The van der Waals surface area contributed by atoms with Crippen molar-refractivity contribution in [2.45, 2.75) is 19.4 Å². The van der Waals surface area contributed by atoms with Gasteiger partial charge in [0.15, 0.2) is 0 Å². The van der Waals surface area contributed by atoms with E-state index in [2.05, 4.69) is 0 Å². The van der Waals surface area contributed by atoms with Crippen molar-refractivity contribution in [3.63, 3.8) is 0 Å². The Morgan fingerprint density at radius 3 is 2.00 bits per heavy atom. The van der Waals surface area contributed by atoms with E-state index in [0.717, 1.165) is 6.42 Å². The van der Waals surface area contributed by atoms with Gasteiger partial charge in [0.25, 0.3) is 0 Å². The molecule has 0 atom stereocenters. The Bertz CT molecular complexity index is 30.0. The van der Waals surface area contributed by atoms with E-state index >= 15 is 0 Å². The van der Waals surface area contributed by atoms with Gasteiger partial charge in [-0.05, 0) is 6.04 Å². The van der Waals surface area contributed by atoms with E-state index in [1.807, 2.05) is 6.92 Å². The Labute approximate surface area is 39.3 Å². The highest BCUT2D eigenvalue weighted by molar-refractivity contribution is 6.40. The molecule has 0 rings (SSSR count). The zero-order chi connectivity index (χ0) is 4.99. The van der Waals surface area contributed by atoms with Crippen LogP contribution in [0.15, 0.2) is 0 Å². The number of hydrogen-bond donors (Lipinski definition) is 2. The molecule has 6 heavy (non-hydrogen) atoms. The Balaban J connectivity index is 2.63. The molecule has 0 aliphatic heterocycles. The van der Waals surface area contributed by atoms with Gasteiger partial charge < -0.3 is 9.59 Å². The first-order valence-corrected chi connectivity index (χ1v) is 3.98. The molecule has 0 radical (unpaired) electrons. The molecular formula is C3H10O2Si. The summed E-state index contributed by atoms with van der Waals surface area (Å²) in [7, 11) is -2.17. The quantitative estimate of drug-likeness (QED) is 0.470. The fourth-order valence-electron chi connectivity index (χ4n) is 0.258. The standard InChI is InChI=1S/C3H10O2Si/c1-2-3-6(4)5/h4-6H,2-3H2,1H3. The summed E-state index contributed by atoms with van der Waals surface area (Å²) in [5, 5.41) is 0. The molecule has 0 saturated heterocycles. The van der Waals surface area contributed by atoms with Gasteiger partial charge in [-0.1, -0.05) is 13.3 Å². The van der Waals surface area contributed by atoms with Gasteiger partial charge in [0.2, 0.25) is 0 Å². The van der Waals surface area contributed by atoms with Crippen molar-refractivity contribution in [1.82, 2.24) is 0 Å². The van der Waals surface area contributed by atoms with Crippen molar-refractivity contribution in [2.24, 2.45) is 0 Å².